The second-order valence-corrected chi connectivity index (χ2v) is 6.40. The molecule has 0 aliphatic heterocycles. The van der Waals surface area contributed by atoms with Gasteiger partial charge in [-0.15, -0.1) is 0 Å². The van der Waals surface area contributed by atoms with Gasteiger partial charge in [0, 0.05) is 23.7 Å². The first-order chi connectivity index (χ1) is 12.8. The number of tetrazole rings is 1. The van der Waals surface area contributed by atoms with Crippen LogP contribution in [0.15, 0.2) is 48.5 Å². The van der Waals surface area contributed by atoms with E-state index >= 15 is 0 Å². The van der Waals surface area contributed by atoms with Crippen LogP contribution in [-0.4, -0.2) is 20.2 Å². The van der Waals surface area contributed by atoms with Crippen molar-refractivity contribution in [2.45, 2.75) is 39.5 Å². The summed E-state index contributed by atoms with van der Waals surface area (Å²) in [5, 5.41) is 15.7. The monoisotopic (exact) mass is 371 g/mol. The van der Waals surface area contributed by atoms with Gasteiger partial charge in [-0.05, 0) is 40.6 Å². The molecule has 7 heteroatoms. The minimum atomic E-state index is 0.504. The fraction of sp³-hybridized carbons (Fsp3) is 0.316. The van der Waals surface area contributed by atoms with E-state index in [9.17, 15) is 0 Å². The van der Waals surface area contributed by atoms with Crippen LogP contribution >= 0.6 is 11.6 Å². The van der Waals surface area contributed by atoms with E-state index in [2.05, 4.69) is 27.8 Å². The second-order valence-electron chi connectivity index (χ2n) is 5.96. The minimum absolute atomic E-state index is 0.504. The summed E-state index contributed by atoms with van der Waals surface area (Å²) in [5.41, 5.74) is 2.07. The van der Waals surface area contributed by atoms with Crippen LogP contribution in [0, 0.1) is 0 Å². The Hall–Kier alpha value is -2.60. The Kier molecular flexibility index (Phi) is 6.44. The van der Waals surface area contributed by atoms with Crippen LogP contribution in [-0.2, 0) is 19.7 Å². The van der Waals surface area contributed by atoms with Crippen molar-refractivity contribution in [3.63, 3.8) is 0 Å². The van der Waals surface area contributed by atoms with Gasteiger partial charge in [-0.25, -0.2) is 4.68 Å². The van der Waals surface area contributed by atoms with E-state index in [0.29, 0.717) is 24.1 Å². The molecule has 0 aliphatic rings. The average molecular weight is 372 g/mol. The standard InChI is InChI=1S/C19H22ClN5O/c1-2-3-11-25-19(22-23-24-25)21-13-16-12-17(20)9-10-18(16)26-14-15-7-5-4-6-8-15/h4-10,12H,2-3,11,13-14H2,1H3,(H,21,22,24). The molecule has 2 aromatic carbocycles. The maximum Gasteiger partial charge on any atom is 0.243 e. The number of benzene rings is 2. The molecule has 0 saturated heterocycles. The van der Waals surface area contributed by atoms with Gasteiger partial charge in [0.05, 0.1) is 0 Å². The van der Waals surface area contributed by atoms with Gasteiger partial charge in [0.15, 0.2) is 0 Å². The van der Waals surface area contributed by atoms with Crippen LogP contribution in [0.3, 0.4) is 0 Å². The molecule has 26 heavy (non-hydrogen) atoms. The molecule has 0 fully saturated rings. The molecule has 1 heterocycles. The molecule has 0 bridgehead atoms. The Labute approximate surface area is 158 Å². The van der Waals surface area contributed by atoms with Crippen molar-refractivity contribution in [3.05, 3.63) is 64.7 Å². The molecule has 136 valence electrons. The second kappa shape index (κ2) is 9.20. The summed E-state index contributed by atoms with van der Waals surface area (Å²) in [6, 6.07) is 15.7. The first-order valence-corrected chi connectivity index (χ1v) is 9.09. The smallest absolute Gasteiger partial charge is 0.243 e. The molecule has 3 rings (SSSR count). The van der Waals surface area contributed by atoms with Crippen molar-refractivity contribution < 1.29 is 4.74 Å². The Morgan fingerprint density at radius 3 is 2.81 bits per heavy atom. The van der Waals surface area contributed by atoms with E-state index in [1.54, 1.807) is 4.68 Å². The van der Waals surface area contributed by atoms with Crippen molar-refractivity contribution in [2.75, 3.05) is 5.32 Å². The molecule has 0 atom stereocenters. The van der Waals surface area contributed by atoms with Gasteiger partial charge in [0.25, 0.3) is 0 Å². The number of unbranched alkanes of at least 4 members (excludes halogenated alkanes) is 1. The number of aryl methyl sites for hydroxylation is 1. The lowest BCUT2D eigenvalue weighted by Crippen LogP contribution is -2.10. The summed E-state index contributed by atoms with van der Waals surface area (Å²) in [7, 11) is 0. The lowest BCUT2D eigenvalue weighted by atomic mass is 10.2. The van der Waals surface area contributed by atoms with Crippen molar-refractivity contribution in [3.8, 4) is 5.75 Å². The first-order valence-electron chi connectivity index (χ1n) is 8.71. The zero-order chi connectivity index (χ0) is 18.2. The van der Waals surface area contributed by atoms with Gasteiger partial charge in [-0.2, -0.15) is 0 Å². The Morgan fingerprint density at radius 2 is 2.00 bits per heavy atom. The highest BCUT2D eigenvalue weighted by molar-refractivity contribution is 6.30. The Morgan fingerprint density at radius 1 is 1.15 bits per heavy atom. The summed E-state index contributed by atoms with van der Waals surface area (Å²) in [4.78, 5) is 0. The normalized spacial score (nSPS) is 10.7. The van der Waals surface area contributed by atoms with E-state index < -0.39 is 0 Å². The maximum atomic E-state index is 6.17. The number of nitrogens with zero attached hydrogens (tertiary/aromatic N) is 4. The lowest BCUT2D eigenvalue weighted by Gasteiger charge is -2.13. The molecule has 0 unspecified atom stereocenters. The zero-order valence-electron chi connectivity index (χ0n) is 14.7. The van der Waals surface area contributed by atoms with Crippen LogP contribution in [0.2, 0.25) is 5.02 Å². The topological polar surface area (TPSA) is 64.9 Å². The molecular weight excluding hydrogens is 350 g/mol. The van der Waals surface area contributed by atoms with Gasteiger partial charge >= 0.3 is 0 Å². The number of rotatable bonds is 9. The van der Waals surface area contributed by atoms with Crippen LogP contribution < -0.4 is 10.1 Å². The van der Waals surface area contributed by atoms with Crippen LogP contribution in [0.5, 0.6) is 5.75 Å². The fourth-order valence-corrected chi connectivity index (χ4v) is 2.72. The zero-order valence-corrected chi connectivity index (χ0v) is 15.5. The number of hydrogen-bond donors (Lipinski definition) is 1. The average Bonchev–Trinajstić information content (AvgIpc) is 3.12. The Bertz CT molecular complexity index is 822. The number of aromatic nitrogens is 4. The molecule has 0 amide bonds. The minimum Gasteiger partial charge on any atom is -0.489 e. The molecule has 6 nitrogen and oxygen atoms in total. The molecule has 1 N–H and O–H groups in total. The fourth-order valence-electron chi connectivity index (χ4n) is 2.53. The van der Waals surface area contributed by atoms with E-state index in [-0.39, 0.29) is 0 Å². The molecule has 0 aliphatic carbocycles. The molecule has 0 radical (unpaired) electrons. The predicted octanol–water partition coefficient (Wildman–Crippen LogP) is 4.32. The van der Waals surface area contributed by atoms with Crippen LogP contribution in [0.4, 0.5) is 5.95 Å². The molecule has 0 saturated carbocycles. The summed E-state index contributed by atoms with van der Waals surface area (Å²) < 4.78 is 7.76. The highest BCUT2D eigenvalue weighted by Gasteiger charge is 2.09. The third-order valence-corrected chi connectivity index (χ3v) is 4.19. The highest BCUT2D eigenvalue weighted by Crippen LogP contribution is 2.24. The van der Waals surface area contributed by atoms with Gasteiger partial charge in [-0.1, -0.05) is 60.4 Å². The lowest BCUT2D eigenvalue weighted by molar-refractivity contribution is 0.303. The largest absolute Gasteiger partial charge is 0.489 e. The summed E-state index contributed by atoms with van der Waals surface area (Å²) >= 11 is 6.17. The number of nitrogens with one attached hydrogen (secondary N) is 1. The van der Waals surface area contributed by atoms with E-state index in [4.69, 9.17) is 16.3 Å². The predicted molar refractivity (Wildman–Crippen MR) is 102 cm³/mol. The SMILES string of the molecule is CCCCn1nnnc1NCc1cc(Cl)ccc1OCc1ccccc1. The van der Waals surface area contributed by atoms with Gasteiger partial charge in [-0.3, -0.25) is 0 Å². The summed E-state index contributed by atoms with van der Waals surface area (Å²) in [6.45, 7) is 3.96. The highest BCUT2D eigenvalue weighted by atomic mass is 35.5. The number of halogens is 1. The third kappa shape index (κ3) is 4.95. The number of anilines is 1. The Balaban J connectivity index is 1.67. The van der Waals surface area contributed by atoms with Gasteiger partial charge in [0.2, 0.25) is 5.95 Å². The first kappa shape index (κ1) is 18.2. The van der Waals surface area contributed by atoms with Gasteiger partial charge < -0.3 is 10.1 Å². The molecule has 0 spiro atoms. The maximum absolute atomic E-state index is 6.17. The quantitative estimate of drug-likeness (QED) is 0.606. The molecular formula is C19H22ClN5O. The summed E-state index contributed by atoms with van der Waals surface area (Å²) in [5.74, 6) is 1.44. The van der Waals surface area contributed by atoms with Gasteiger partial charge in [0.1, 0.15) is 12.4 Å². The number of hydrogen-bond acceptors (Lipinski definition) is 5. The van der Waals surface area contributed by atoms with Crippen molar-refractivity contribution >= 4 is 17.5 Å². The third-order valence-electron chi connectivity index (χ3n) is 3.95. The van der Waals surface area contributed by atoms with Crippen molar-refractivity contribution in [1.82, 2.24) is 20.2 Å². The van der Waals surface area contributed by atoms with E-state index in [0.717, 1.165) is 36.3 Å². The van der Waals surface area contributed by atoms with Crippen molar-refractivity contribution in [2.24, 2.45) is 0 Å². The number of ether oxygens (including phenoxy) is 1. The van der Waals surface area contributed by atoms with E-state index in [1.807, 2.05) is 48.5 Å². The van der Waals surface area contributed by atoms with Crippen LogP contribution in [0.1, 0.15) is 30.9 Å². The van der Waals surface area contributed by atoms with E-state index in [1.165, 1.54) is 0 Å². The molecule has 3 aromatic rings. The van der Waals surface area contributed by atoms with Crippen LogP contribution in [0.25, 0.3) is 0 Å². The van der Waals surface area contributed by atoms with Crippen molar-refractivity contribution in [1.29, 1.82) is 0 Å². The summed E-state index contributed by atoms with van der Waals surface area (Å²) in [6.07, 6.45) is 2.12. The molecule has 1 aromatic heterocycles.